The third-order valence-corrected chi connectivity index (χ3v) is 4.09. The molecule has 1 fully saturated rings. The van der Waals surface area contributed by atoms with E-state index in [4.69, 9.17) is 5.73 Å². The van der Waals surface area contributed by atoms with E-state index in [0.717, 1.165) is 32.6 Å². The van der Waals surface area contributed by atoms with Crippen molar-refractivity contribution in [3.05, 3.63) is 35.9 Å². The van der Waals surface area contributed by atoms with Gasteiger partial charge in [-0.2, -0.15) is 0 Å². The molecule has 0 aliphatic carbocycles. The lowest BCUT2D eigenvalue weighted by atomic mass is 10.1. The normalized spacial score (nSPS) is 21.3. The first-order valence-electron chi connectivity index (χ1n) is 7.87. The van der Waals surface area contributed by atoms with Crippen molar-refractivity contribution in [1.29, 1.82) is 0 Å². The van der Waals surface area contributed by atoms with E-state index in [9.17, 15) is 4.79 Å². The fraction of sp³-hybridized carbons (Fsp3) is 0.588. The molecule has 1 amide bonds. The number of carbonyl (C=O) groups is 1. The van der Waals surface area contributed by atoms with E-state index in [1.54, 1.807) is 0 Å². The summed E-state index contributed by atoms with van der Waals surface area (Å²) in [6.45, 7) is 7.77. The number of nitrogens with zero attached hydrogens (tertiary/aromatic N) is 2. The first-order valence-corrected chi connectivity index (χ1v) is 7.87. The smallest absolute Gasteiger partial charge is 0.222 e. The molecule has 2 N–H and O–H groups in total. The summed E-state index contributed by atoms with van der Waals surface area (Å²) >= 11 is 0. The Hall–Kier alpha value is -1.39. The molecule has 4 nitrogen and oxygen atoms in total. The number of amides is 1. The van der Waals surface area contributed by atoms with Crippen LogP contribution in [0.25, 0.3) is 0 Å². The summed E-state index contributed by atoms with van der Waals surface area (Å²) in [5, 5.41) is 0. The van der Waals surface area contributed by atoms with Crippen LogP contribution >= 0.6 is 0 Å². The summed E-state index contributed by atoms with van der Waals surface area (Å²) in [7, 11) is 0. The summed E-state index contributed by atoms with van der Waals surface area (Å²) in [5.74, 6) is 0.249. The summed E-state index contributed by atoms with van der Waals surface area (Å²) in [5.41, 5.74) is 7.07. The highest BCUT2D eigenvalue weighted by molar-refractivity contribution is 5.76. The molecule has 116 valence electrons. The van der Waals surface area contributed by atoms with E-state index in [2.05, 4.69) is 36.1 Å². The van der Waals surface area contributed by atoms with Crippen molar-refractivity contribution in [3.8, 4) is 0 Å². The number of rotatable bonds is 5. The lowest BCUT2D eigenvalue weighted by molar-refractivity contribution is -0.135. The van der Waals surface area contributed by atoms with Gasteiger partial charge < -0.3 is 10.6 Å². The maximum atomic E-state index is 12.2. The Morgan fingerprint density at radius 1 is 1.33 bits per heavy atom. The van der Waals surface area contributed by atoms with Crippen LogP contribution in [0, 0.1) is 0 Å². The van der Waals surface area contributed by atoms with Gasteiger partial charge in [0.15, 0.2) is 0 Å². The van der Waals surface area contributed by atoms with Gasteiger partial charge in [-0.1, -0.05) is 30.3 Å². The number of hydrogen-bond acceptors (Lipinski definition) is 3. The maximum absolute atomic E-state index is 12.2. The van der Waals surface area contributed by atoms with E-state index in [-0.39, 0.29) is 18.0 Å². The molecule has 1 aliphatic rings. The van der Waals surface area contributed by atoms with Crippen LogP contribution in [0.4, 0.5) is 0 Å². The number of hydrogen-bond donors (Lipinski definition) is 1. The van der Waals surface area contributed by atoms with Crippen LogP contribution in [-0.4, -0.2) is 47.4 Å². The van der Waals surface area contributed by atoms with Crippen LogP contribution < -0.4 is 5.73 Å². The Labute approximate surface area is 127 Å². The molecule has 21 heavy (non-hydrogen) atoms. The molecule has 4 heteroatoms. The van der Waals surface area contributed by atoms with Gasteiger partial charge in [-0.25, -0.2) is 0 Å². The van der Waals surface area contributed by atoms with Crippen molar-refractivity contribution < 1.29 is 4.79 Å². The van der Waals surface area contributed by atoms with Crippen molar-refractivity contribution in [3.63, 3.8) is 0 Å². The second-order valence-electron chi connectivity index (χ2n) is 6.17. The highest BCUT2D eigenvalue weighted by Gasteiger charge is 2.26. The minimum atomic E-state index is 0.101. The molecular weight excluding hydrogens is 262 g/mol. The zero-order valence-corrected chi connectivity index (χ0v) is 13.2. The van der Waals surface area contributed by atoms with Gasteiger partial charge in [-0.05, 0) is 25.8 Å². The predicted molar refractivity (Wildman–Crippen MR) is 85.8 cm³/mol. The zero-order valence-electron chi connectivity index (χ0n) is 13.2. The molecule has 0 bridgehead atoms. The number of piperazine rings is 1. The van der Waals surface area contributed by atoms with Gasteiger partial charge in [0.05, 0.1) is 0 Å². The Kier molecular flexibility index (Phi) is 5.76. The topological polar surface area (TPSA) is 49.6 Å². The Morgan fingerprint density at radius 2 is 2.05 bits per heavy atom. The first kappa shape index (κ1) is 16.0. The van der Waals surface area contributed by atoms with Gasteiger partial charge >= 0.3 is 0 Å². The van der Waals surface area contributed by atoms with Crippen LogP contribution in [0.3, 0.4) is 0 Å². The molecule has 1 saturated heterocycles. The Balaban J connectivity index is 1.83. The van der Waals surface area contributed by atoms with E-state index in [1.165, 1.54) is 5.56 Å². The van der Waals surface area contributed by atoms with Gasteiger partial charge in [-0.15, -0.1) is 0 Å². The van der Waals surface area contributed by atoms with E-state index >= 15 is 0 Å². The van der Waals surface area contributed by atoms with Crippen LogP contribution in [0.15, 0.2) is 30.3 Å². The zero-order chi connectivity index (χ0) is 15.2. The quantitative estimate of drug-likeness (QED) is 0.900. The SMILES string of the molecule is CC(N)CCC(=O)N1CCN(Cc2ccccc2)CC1C. The van der Waals surface area contributed by atoms with Crippen LogP contribution in [-0.2, 0) is 11.3 Å². The van der Waals surface area contributed by atoms with Gasteiger partial charge in [0.1, 0.15) is 0 Å². The van der Waals surface area contributed by atoms with Gasteiger partial charge in [-0.3, -0.25) is 9.69 Å². The number of carbonyl (C=O) groups excluding carboxylic acids is 1. The van der Waals surface area contributed by atoms with Crippen LogP contribution in [0.1, 0.15) is 32.3 Å². The minimum Gasteiger partial charge on any atom is -0.337 e. The standard InChI is InChI=1S/C17H27N3O/c1-14(18)8-9-17(21)20-11-10-19(12-15(20)2)13-16-6-4-3-5-7-16/h3-7,14-15H,8-13,18H2,1-2H3. The molecule has 0 spiro atoms. The fourth-order valence-corrected chi connectivity index (χ4v) is 2.88. The Morgan fingerprint density at radius 3 is 2.67 bits per heavy atom. The van der Waals surface area contributed by atoms with Crippen molar-refractivity contribution >= 4 is 5.91 Å². The molecule has 0 saturated carbocycles. The Bertz CT molecular complexity index is 447. The predicted octanol–water partition coefficient (Wildman–Crippen LogP) is 1.85. The van der Waals surface area contributed by atoms with Crippen LogP contribution in [0.5, 0.6) is 0 Å². The van der Waals surface area contributed by atoms with Crippen LogP contribution in [0.2, 0.25) is 0 Å². The second kappa shape index (κ2) is 7.57. The lowest BCUT2D eigenvalue weighted by Crippen LogP contribution is -2.53. The molecule has 1 aromatic rings. The average Bonchev–Trinajstić information content (AvgIpc) is 2.46. The van der Waals surface area contributed by atoms with E-state index < -0.39 is 0 Å². The largest absolute Gasteiger partial charge is 0.337 e. The monoisotopic (exact) mass is 289 g/mol. The molecule has 0 aromatic heterocycles. The summed E-state index contributed by atoms with van der Waals surface area (Å²) in [6.07, 6.45) is 1.34. The van der Waals surface area contributed by atoms with Crippen molar-refractivity contribution in [1.82, 2.24) is 9.80 Å². The number of benzene rings is 1. The van der Waals surface area contributed by atoms with Gasteiger partial charge in [0.2, 0.25) is 5.91 Å². The molecule has 1 aliphatic heterocycles. The first-order chi connectivity index (χ1) is 10.1. The third kappa shape index (κ3) is 4.83. The maximum Gasteiger partial charge on any atom is 0.222 e. The highest BCUT2D eigenvalue weighted by atomic mass is 16.2. The van der Waals surface area contributed by atoms with Crippen molar-refractivity contribution in [2.75, 3.05) is 19.6 Å². The van der Waals surface area contributed by atoms with Crippen molar-refractivity contribution in [2.24, 2.45) is 5.73 Å². The van der Waals surface area contributed by atoms with Gasteiger partial charge in [0, 0.05) is 44.7 Å². The minimum absolute atomic E-state index is 0.101. The molecule has 1 aromatic carbocycles. The summed E-state index contributed by atoms with van der Waals surface area (Å²) in [6, 6.07) is 10.9. The molecule has 1 heterocycles. The third-order valence-electron chi connectivity index (χ3n) is 4.09. The molecule has 0 radical (unpaired) electrons. The van der Waals surface area contributed by atoms with Gasteiger partial charge in [0.25, 0.3) is 0 Å². The lowest BCUT2D eigenvalue weighted by Gasteiger charge is -2.40. The average molecular weight is 289 g/mol. The number of nitrogens with two attached hydrogens (primary N) is 1. The summed E-state index contributed by atoms with van der Waals surface area (Å²) < 4.78 is 0. The molecule has 2 rings (SSSR count). The second-order valence-corrected chi connectivity index (χ2v) is 6.17. The molecule has 2 unspecified atom stereocenters. The van der Waals surface area contributed by atoms with E-state index in [0.29, 0.717) is 6.42 Å². The highest BCUT2D eigenvalue weighted by Crippen LogP contribution is 2.14. The summed E-state index contributed by atoms with van der Waals surface area (Å²) in [4.78, 5) is 16.7. The molecular formula is C17H27N3O. The fourth-order valence-electron chi connectivity index (χ4n) is 2.88. The molecule has 2 atom stereocenters. The van der Waals surface area contributed by atoms with Crippen molar-refractivity contribution in [2.45, 2.75) is 45.3 Å². The van der Waals surface area contributed by atoms with E-state index in [1.807, 2.05) is 17.9 Å².